The third-order valence-corrected chi connectivity index (χ3v) is 16.0. The monoisotopic (exact) mass is 957 g/mol. The van der Waals surface area contributed by atoms with Gasteiger partial charge in [0, 0.05) is 63.8 Å². The van der Waals surface area contributed by atoms with Crippen molar-refractivity contribution in [1.29, 1.82) is 0 Å². The third kappa shape index (κ3) is 16.6. The summed E-state index contributed by atoms with van der Waals surface area (Å²) in [6.07, 6.45) is 19.0. The molecule has 13 nitrogen and oxygen atoms in total. The number of Topliss-reactive ketones (excluding diaryl/α,β-unsaturated/α-hetero) is 3. The van der Waals surface area contributed by atoms with Crippen LogP contribution in [0.15, 0.2) is 47.6 Å². The molecule has 0 aromatic rings. The van der Waals surface area contributed by atoms with Crippen LogP contribution in [-0.2, 0) is 42.9 Å². The minimum Gasteiger partial charge on any atom is -0.460 e. The maximum Gasteiger partial charge on any atom is 0.329 e. The van der Waals surface area contributed by atoms with Gasteiger partial charge < -0.3 is 34.1 Å². The number of esters is 1. The highest BCUT2D eigenvalue weighted by Gasteiger charge is 2.51. The minimum absolute atomic E-state index is 0.0709. The molecule has 1 aliphatic carbocycles. The topological polar surface area (TPSA) is 169 Å². The average molecular weight is 957 g/mol. The van der Waals surface area contributed by atoms with Gasteiger partial charge in [-0.05, 0) is 115 Å². The molecule has 8 unspecified atom stereocenters. The van der Waals surface area contributed by atoms with Crippen LogP contribution in [0.1, 0.15) is 145 Å². The molecule has 4 rings (SSSR count). The average Bonchev–Trinajstić information content (AvgIpc) is 3.33. The van der Waals surface area contributed by atoms with Gasteiger partial charge in [0.1, 0.15) is 30.1 Å². The zero-order chi connectivity index (χ0) is 49.3. The van der Waals surface area contributed by atoms with E-state index in [9.17, 15) is 34.2 Å². The zero-order valence-electron chi connectivity index (χ0n) is 42.1. The molecule has 4 fully saturated rings. The van der Waals surface area contributed by atoms with Gasteiger partial charge in [0.25, 0.3) is 11.7 Å². The molecule has 0 bridgehead atoms. The fourth-order valence-corrected chi connectivity index (χ4v) is 11.3. The van der Waals surface area contributed by atoms with Gasteiger partial charge >= 0.3 is 5.97 Å². The number of aliphatic hydroxyl groups excluding tert-OH is 1. The second-order valence-electron chi connectivity index (χ2n) is 20.1. The van der Waals surface area contributed by atoms with E-state index in [1.165, 1.54) is 36.2 Å². The van der Waals surface area contributed by atoms with Crippen molar-refractivity contribution in [3.63, 3.8) is 0 Å². The third-order valence-electron chi connectivity index (χ3n) is 14.7. The van der Waals surface area contributed by atoms with E-state index in [-0.39, 0.29) is 61.9 Å². The number of nitrogens with zero attached hydrogens (tertiary/aromatic N) is 2. The number of amides is 1. The number of ketones is 3. The Hall–Kier alpha value is -2.98. The predicted octanol–water partition coefficient (Wildman–Crippen LogP) is 8.31. The number of aliphatic hydroxyl groups is 2. The molecule has 3 aliphatic heterocycles. The van der Waals surface area contributed by atoms with Crippen LogP contribution in [0.5, 0.6) is 0 Å². The van der Waals surface area contributed by atoms with Gasteiger partial charge in [-0.15, -0.1) is 0 Å². The Bertz CT molecular complexity index is 1760. The molecule has 12 atom stereocenters. The summed E-state index contributed by atoms with van der Waals surface area (Å²) in [5.41, 5.74) is 1.73. The molecule has 3 heterocycles. The smallest absolute Gasteiger partial charge is 0.329 e. The van der Waals surface area contributed by atoms with Crippen LogP contribution in [0.25, 0.3) is 0 Å². The van der Waals surface area contributed by atoms with E-state index in [2.05, 4.69) is 43.3 Å². The van der Waals surface area contributed by atoms with E-state index in [0.717, 1.165) is 32.2 Å². The van der Waals surface area contributed by atoms with Crippen molar-refractivity contribution < 1.29 is 53.1 Å². The van der Waals surface area contributed by atoms with Crippen molar-refractivity contribution in [2.45, 2.75) is 187 Å². The first-order valence-corrected chi connectivity index (χ1v) is 26.1. The summed E-state index contributed by atoms with van der Waals surface area (Å²) >= 11 is 1.93. The molecule has 0 spiro atoms. The predicted molar refractivity (Wildman–Crippen MR) is 263 cm³/mol. The molecule has 1 saturated carbocycles. The van der Waals surface area contributed by atoms with Crippen LogP contribution in [0.4, 0.5) is 0 Å². The molecule has 4 aliphatic rings. The minimum atomic E-state index is -2.26. The van der Waals surface area contributed by atoms with Gasteiger partial charge in [-0.2, -0.15) is 0 Å². The molecule has 0 aromatic carbocycles. The molecule has 2 N–H and O–H groups in total. The molecule has 378 valence electrons. The first-order chi connectivity index (χ1) is 31.9. The Morgan fingerprint density at radius 2 is 1.64 bits per heavy atom. The number of methoxy groups -OCH3 is 2. The maximum atomic E-state index is 14.1. The molecule has 14 heteroatoms. The van der Waals surface area contributed by atoms with Crippen LogP contribution in [0.3, 0.4) is 0 Å². The van der Waals surface area contributed by atoms with Gasteiger partial charge in [0.2, 0.25) is 5.79 Å². The standard InChI is InChI=1S/C53H84N2O11S/c1-35(19-11-10-12-20-36(2)41(7)55-28-15-16-30-67-55)31-39(5)48(58)49(64-9)47(57)37(3)25-26-43(56)34-46(38(4)32-42-22-17-23-44(33-42)63-8)66-52(61)45-24-13-14-27-54(45)51(60)50(59)53(62)40(6)21-18-29-65-53/h10-12,19-20,25,35,38-42,44-47,49,57,62H,13-18,21-24,26-34H2,1-9H3/b12-10+,19-11+,36-20+,37-25+/t35-,38-,39?,40?,41?,42?,44?,45?,46+,47?,49-,53?/m1/s1. The number of allylic oxidation sites excluding steroid dienone is 6. The molecular weight excluding hydrogens is 873 g/mol. The van der Waals surface area contributed by atoms with Gasteiger partial charge in [0.15, 0.2) is 5.78 Å². The summed E-state index contributed by atoms with van der Waals surface area (Å²) in [6, 6.07) is -0.673. The van der Waals surface area contributed by atoms with E-state index in [4.69, 9.17) is 18.9 Å². The van der Waals surface area contributed by atoms with Crippen molar-refractivity contribution in [2.24, 2.45) is 29.6 Å². The summed E-state index contributed by atoms with van der Waals surface area (Å²) in [6.45, 7) is 15.0. The van der Waals surface area contributed by atoms with Crippen LogP contribution in [0, 0.1) is 29.6 Å². The van der Waals surface area contributed by atoms with E-state index >= 15 is 0 Å². The van der Waals surface area contributed by atoms with Crippen LogP contribution >= 0.6 is 11.9 Å². The Morgan fingerprint density at radius 3 is 2.33 bits per heavy atom. The van der Waals surface area contributed by atoms with Gasteiger partial charge in [-0.3, -0.25) is 19.2 Å². The highest BCUT2D eigenvalue weighted by Crippen LogP contribution is 2.35. The largest absolute Gasteiger partial charge is 0.460 e. The number of ether oxygens (including phenoxy) is 4. The number of piperidine rings is 1. The van der Waals surface area contributed by atoms with Crippen LogP contribution in [0.2, 0.25) is 0 Å². The summed E-state index contributed by atoms with van der Waals surface area (Å²) in [4.78, 5) is 70.0. The molecule has 67 heavy (non-hydrogen) atoms. The first kappa shape index (κ1) is 56.6. The number of hydrogen-bond acceptors (Lipinski definition) is 13. The van der Waals surface area contributed by atoms with Crippen LogP contribution in [-0.4, -0.2) is 131 Å². The Kier molecular flexibility index (Phi) is 23.7. The van der Waals surface area contributed by atoms with E-state index < -0.39 is 59.6 Å². The Morgan fingerprint density at radius 1 is 0.896 bits per heavy atom. The van der Waals surface area contributed by atoms with E-state index in [0.29, 0.717) is 56.1 Å². The van der Waals surface area contributed by atoms with Gasteiger partial charge in [-0.1, -0.05) is 94.5 Å². The normalized spacial score (nSPS) is 28.1. The van der Waals surface area contributed by atoms with Gasteiger partial charge in [-0.25, -0.2) is 9.10 Å². The van der Waals surface area contributed by atoms with E-state index in [1.807, 2.05) is 37.9 Å². The van der Waals surface area contributed by atoms with Crippen molar-refractivity contribution in [2.75, 3.05) is 39.7 Å². The Labute approximate surface area is 406 Å². The maximum absolute atomic E-state index is 14.1. The number of rotatable bonds is 24. The van der Waals surface area contributed by atoms with Crippen molar-refractivity contribution in [3.05, 3.63) is 47.6 Å². The van der Waals surface area contributed by atoms with Crippen LogP contribution < -0.4 is 0 Å². The lowest BCUT2D eigenvalue weighted by molar-refractivity contribution is -0.241. The molecule has 1 amide bonds. The van der Waals surface area contributed by atoms with Gasteiger partial charge in [0.05, 0.1) is 12.7 Å². The quantitative estimate of drug-likeness (QED) is 0.0312. The SMILES string of the molecule is COC1CCCC(C[C@@H](C)[C@H](CC(=O)C/C=C(\C)C(O)[C@@H](OC)C(=O)C(C)C[C@H](C)/C=C/C=C/C=C(\C)C(C)N2CCCCS2)OC(=O)C2CCCCN2C(=O)C(=O)C2(O)OCCCC2C)C1. The number of carbonyl (C=O) groups excluding carboxylic acids is 5. The number of carbonyl (C=O) groups is 5. The molecule has 0 aromatic heterocycles. The summed E-state index contributed by atoms with van der Waals surface area (Å²) < 4.78 is 25.4. The lowest BCUT2D eigenvalue weighted by Gasteiger charge is -2.39. The second kappa shape index (κ2) is 28.0. The fourth-order valence-electron chi connectivity index (χ4n) is 10.1. The Balaban J connectivity index is 1.38. The second-order valence-corrected chi connectivity index (χ2v) is 21.2. The van der Waals surface area contributed by atoms with Crippen molar-refractivity contribution >= 4 is 41.2 Å². The molecule has 0 radical (unpaired) electrons. The molecular formula is C53H84N2O11S. The summed E-state index contributed by atoms with van der Waals surface area (Å²) in [7, 11) is 3.12. The fraction of sp³-hybridized carbons (Fsp3) is 0.755. The first-order valence-electron chi connectivity index (χ1n) is 25.2. The summed E-state index contributed by atoms with van der Waals surface area (Å²) in [5, 5.41) is 22.5. The highest BCUT2D eigenvalue weighted by molar-refractivity contribution is 7.97. The lowest BCUT2D eigenvalue weighted by Crippen LogP contribution is -2.59. The van der Waals surface area contributed by atoms with E-state index in [1.54, 1.807) is 27.0 Å². The number of hydrogen-bond donors (Lipinski definition) is 2. The van der Waals surface area contributed by atoms with Crippen molar-refractivity contribution in [3.8, 4) is 0 Å². The number of likely N-dealkylation sites (tertiary alicyclic amines) is 1. The van der Waals surface area contributed by atoms with Crippen molar-refractivity contribution in [1.82, 2.24) is 9.21 Å². The highest BCUT2D eigenvalue weighted by atomic mass is 32.2. The zero-order valence-corrected chi connectivity index (χ0v) is 42.9. The summed E-state index contributed by atoms with van der Waals surface area (Å²) in [5.74, 6) is -5.07. The lowest BCUT2D eigenvalue weighted by atomic mass is 9.79. The molecule has 3 saturated heterocycles.